The van der Waals surface area contributed by atoms with Crippen LogP contribution in [0.3, 0.4) is 0 Å². The van der Waals surface area contributed by atoms with Crippen LogP contribution < -0.4 is 5.73 Å². The van der Waals surface area contributed by atoms with Crippen LogP contribution in [0.4, 0.5) is 5.82 Å². The zero-order valence-electron chi connectivity index (χ0n) is 12.0. The van der Waals surface area contributed by atoms with Crippen LogP contribution in [0.15, 0.2) is 55.0 Å². The molecule has 0 bridgehead atoms. The van der Waals surface area contributed by atoms with E-state index in [0.29, 0.717) is 10.8 Å². The Kier molecular flexibility index (Phi) is 3.20. The minimum Gasteiger partial charge on any atom is -0.382 e. The fraction of sp³-hybridized carbons (Fsp3) is 0. The Labute approximate surface area is 137 Å². The standard InChI is InChI=1S/C17H12ClN5/c18-12-6-11(7-13-17(12)22-9-21-13)15-16(23-14(19)8-20-15)10-4-2-1-3-5-10/h1-9H,(H2,19,23)(H,21,22). The quantitative estimate of drug-likeness (QED) is 0.586. The molecule has 6 heteroatoms. The van der Waals surface area contributed by atoms with Gasteiger partial charge in [0.1, 0.15) is 5.82 Å². The molecule has 0 spiro atoms. The smallest absolute Gasteiger partial charge is 0.142 e. The number of halogens is 1. The van der Waals surface area contributed by atoms with Gasteiger partial charge in [-0.1, -0.05) is 41.9 Å². The third kappa shape index (κ3) is 2.41. The van der Waals surface area contributed by atoms with Gasteiger partial charge in [-0.2, -0.15) is 0 Å². The van der Waals surface area contributed by atoms with E-state index in [1.165, 1.54) is 0 Å². The van der Waals surface area contributed by atoms with Gasteiger partial charge in [-0.15, -0.1) is 0 Å². The second-order valence-corrected chi connectivity index (χ2v) is 5.52. The predicted octanol–water partition coefficient (Wildman–Crippen LogP) is 3.92. The Balaban J connectivity index is 1.97. The summed E-state index contributed by atoms with van der Waals surface area (Å²) in [6.07, 6.45) is 3.16. The number of rotatable bonds is 2. The largest absolute Gasteiger partial charge is 0.382 e. The maximum absolute atomic E-state index is 6.34. The first kappa shape index (κ1) is 13.7. The van der Waals surface area contributed by atoms with Gasteiger partial charge in [-0.3, -0.25) is 4.98 Å². The fourth-order valence-electron chi connectivity index (χ4n) is 2.55. The molecule has 0 aliphatic carbocycles. The summed E-state index contributed by atoms with van der Waals surface area (Å²) in [6.45, 7) is 0. The third-order valence-electron chi connectivity index (χ3n) is 3.59. The first-order valence-corrected chi connectivity index (χ1v) is 7.41. The molecule has 5 nitrogen and oxygen atoms in total. The molecule has 0 amide bonds. The molecule has 0 saturated heterocycles. The van der Waals surface area contributed by atoms with Crippen molar-refractivity contribution in [3.63, 3.8) is 0 Å². The van der Waals surface area contributed by atoms with Gasteiger partial charge in [0.05, 0.1) is 40.0 Å². The summed E-state index contributed by atoms with van der Waals surface area (Å²) < 4.78 is 0. The number of hydrogen-bond donors (Lipinski definition) is 2. The second kappa shape index (κ2) is 5.37. The van der Waals surface area contributed by atoms with Crippen molar-refractivity contribution in [2.45, 2.75) is 0 Å². The minimum atomic E-state index is 0.375. The second-order valence-electron chi connectivity index (χ2n) is 5.11. The van der Waals surface area contributed by atoms with Crippen LogP contribution in [0.5, 0.6) is 0 Å². The molecule has 2 heterocycles. The Hall–Kier alpha value is -2.92. The highest BCUT2D eigenvalue weighted by atomic mass is 35.5. The van der Waals surface area contributed by atoms with Crippen LogP contribution in [0, 0.1) is 0 Å². The highest BCUT2D eigenvalue weighted by molar-refractivity contribution is 6.35. The average molecular weight is 322 g/mol. The molecule has 3 N–H and O–H groups in total. The molecular formula is C17H12ClN5. The average Bonchev–Trinajstić information content (AvgIpc) is 3.05. The number of anilines is 1. The van der Waals surface area contributed by atoms with E-state index in [4.69, 9.17) is 17.3 Å². The van der Waals surface area contributed by atoms with Crippen molar-refractivity contribution in [2.75, 3.05) is 5.73 Å². The lowest BCUT2D eigenvalue weighted by Crippen LogP contribution is -1.98. The maximum Gasteiger partial charge on any atom is 0.142 e. The van der Waals surface area contributed by atoms with E-state index in [-0.39, 0.29) is 0 Å². The molecule has 0 fully saturated rings. The molecule has 0 saturated carbocycles. The lowest BCUT2D eigenvalue weighted by Gasteiger charge is -2.09. The van der Waals surface area contributed by atoms with E-state index in [1.54, 1.807) is 12.5 Å². The topological polar surface area (TPSA) is 80.5 Å². The number of nitrogens with one attached hydrogen (secondary N) is 1. The van der Waals surface area contributed by atoms with E-state index < -0.39 is 0 Å². The number of aromatic amines is 1. The van der Waals surface area contributed by atoms with Gasteiger partial charge in [0, 0.05) is 11.1 Å². The molecule has 112 valence electrons. The minimum absolute atomic E-state index is 0.375. The maximum atomic E-state index is 6.34. The number of benzene rings is 2. The van der Waals surface area contributed by atoms with Gasteiger partial charge in [0.15, 0.2) is 0 Å². The van der Waals surface area contributed by atoms with Crippen molar-refractivity contribution in [3.05, 3.63) is 60.0 Å². The van der Waals surface area contributed by atoms with Crippen LogP contribution in [0.25, 0.3) is 33.5 Å². The number of fused-ring (bicyclic) bond motifs is 1. The van der Waals surface area contributed by atoms with Gasteiger partial charge in [0.2, 0.25) is 0 Å². The van der Waals surface area contributed by atoms with Crippen LogP contribution in [0.1, 0.15) is 0 Å². The molecule has 2 aromatic carbocycles. The normalized spacial score (nSPS) is 11.0. The molecular weight excluding hydrogens is 310 g/mol. The molecule has 4 rings (SSSR count). The summed E-state index contributed by atoms with van der Waals surface area (Å²) in [5.41, 5.74) is 10.6. The molecule has 0 atom stereocenters. The van der Waals surface area contributed by atoms with E-state index in [2.05, 4.69) is 19.9 Å². The zero-order chi connectivity index (χ0) is 15.8. The molecule has 0 aliphatic rings. The molecule has 23 heavy (non-hydrogen) atoms. The number of H-pyrrole nitrogens is 1. The zero-order valence-corrected chi connectivity index (χ0v) is 12.7. The van der Waals surface area contributed by atoms with Gasteiger partial charge in [-0.05, 0) is 12.1 Å². The SMILES string of the molecule is Nc1cnc(-c2cc(Cl)c3[nH]cnc3c2)c(-c2ccccc2)n1. The van der Waals surface area contributed by atoms with Crippen molar-refractivity contribution >= 4 is 28.5 Å². The van der Waals surface area contributed by atoms with Crippen molar-refractivity contribution in [2.24, 2.45) is 0 Å². The number of nitrogens with zero attached hydrogens (tertiary/aromatic N) is 3. The first-order chi connectivity index (χ1) is 11.2. The summed E-state index contributed by atoms with van der Waals surface area (Å²) >= 11 is 6.34. The monoisotopic (exact) mass is 321 g/mol. The Bertz CT molecular complexity index is 994. The van der Waals surface area contributed by atoms with Gasteiger partial charge in [-0.25, -0.2) is 9.97 Å². The number of nitrogens with two attached hydrogens (primary N) is 1. The molecule has 0 unspecified atom stereocenters. The van der Waals surface area contributed by atoms with Gasteiger partial charge >= 0.3 is 0 Å². The first-order valence-electron chi connectivity index (χ1n) is 7.03. The van der Waals surface area contributed by atoms with Crippen molar-refractivity contribution in [1.82, 2.24) is 19.9 Å². The number of imidazole rings is 1. The Morgan fingerprint density at radius 2 is 1.78 bits per heavy atom. The van der Waals surface area contributed by atoms with Crippen LogP contribution >= 0.6 is 11.6 Å². The number of nitrogen functional groups attached to an aromatic ring is 1. The summed E-state index contributed by atoms with van der Waals surface area (Å²) in [5, 5.41) is 0.590. The number of hydrogen-bond acceptors (Lipinski definition) is 4. The van der Waals surface area contributed by atoms with Crippen molar-refractivity contribution < 1.29 is 0 Å². The highest BCUT2D eigenvalue weighted by Gasteiger charge is 2.14. The lowest BCUT2D eigenvalue weighted by molar-refractivity contribution is 1.22. The van der Waals surface area contributed by atoms with Gasteiger partial charge < -0.3 is 10.7 Å². The fourth-order valence-corrected chi connectivity index (χ4v) is 2.82. The third-order valence-corrected chi connectivity index (χ3v) is 3.89. The molecule has 4 aromatic rings. The van der Waals surface area contributed by atoms with Gasteiger partial charge in [0.25, 0.3) is 0 Å². The summed E-state index contributed by atoms with van der Waals surface area (Å²) in [4.78, 5) is 16.2. The Morgan fingerprint density at radius 3 is 2.61 bits per heavy atom. The van der Waals surface area contributed by atoms with E-state index in [0.717, 1.165) is 33.5 Å². The highest BCUT2D eigenvalue weighted by Crippen LogP contribution is 2.33. The molecule has 0 aliphatic heterocycles. The van der Waals surface area contributed by atoms with E-state index in [9.17, 15) is 0 Å². The lowest BCUT2D eigenvalue weighted by atomic mass is 10.0. The van der Waals surface area contributed by atoms with E-state index in [1.807, 2.05) is 42.5 Å². The van der Waals surface area contributed by atoms with Crippen LogP contribution in [-0.4, -0.2) is 19.9 Å². The van der Waals surface area contributed by atoms with Crippen LogP contribution in [0.2, 0.25) is 5.02 Å². The van der Waals surface area contributed by atoms with E-state index >= 15 is 0 Å². The Morgan fingerprint density at radius 1 is 0.957 bits per heavy atom. The summed E-state index contributed by atoms with van der Waals surface area (Å²) in [7, 11) is 0. The summed E-state index contributed by atoms with van der Waals surface area (Å²) in [5.74, 6) is 0.375. The van der Waals surface area contributed by atoms with Crippen LogP contribution in [-0.2, 0) is 0 Å². The predicted molar refractivity (Wildman–Crippen MR) is 92.0 cm³/mol. The molecule has 0 radical (unpaired) electrons. The van der Waals surface area contributed by atoms with Crippen molar-refractivity contribution in [1.29, 1.82) is 0 Å². The van der Waals surface area contributed by atoms with Crippen molar-refractivity contribution in [3.8, 4) is 22.5 Å². The molecule has 2 aromatic heterocycles. The number of aromatic nitrogens is 4. The summed E-state index contributed by atoms with van der Waals surface area (Å²) in [6, 6.07) is 13.6.